The summed E-state index contributed by atoms with van der Waals surface area (Å²) in [6.07, 6.45) is -0.174. The van der Waals surface area contributed by atoms with E-state index >= 15 is 0 Å². The van der Waals surface area contributed by atoms with Crippen molar-refractivity contribution in [1.82, 2.24) is 5.32 Å². The number of carbonyl (C=O) groups excluding carboxylic acids is 1. The predicted molar refractivity (Wildman–Crippen MR) is 91.1 cm³/mol. The number of ether oxygens (including phenoxy) is 2. The molecule has 122 valence electrons. The molecule has 23 heavy (non-hydrogen) atoms. The van der Waals surface area contributed by atoms with Gasteiger partial charge in [-0.3, -0.25) is 4.79 Å². The van der Waals surface area contributed by atoms with Gasteiger partial charge in [0.15, 0.2) is 0 Å². The molecule has 2 aromatic rings. The number of alkyl halides is 1. The molecule has 2 atom stereocenters. The van der Waals surface area contributed by atoms with Gasteiger partial charge in [0.2, 0.25) is 5.91 Å². The zero-order chi connectivity index (χ0) is 16.7. The van der Waals surface area contributed by atoms with E-state index < -0.39 is 5.38 Å². The number of hydrogen-bond acceptors (Lipinski definition) is 3. The van der Waals surface area contributed by atoms with Crippen LogP contribution in [-0.4, -0.2) is 25.7 Å². The summed E-state index contributed by atoms with van der Waals surface area (Å²) < 4.78 is 10.8. The van der Waals surface area contributed by atoms with Crippen LogP contribution in [0.1, 0.15) is 17.9 Å². The number of carbonyl (C=O) groups is 1. The largest absolute Gasteiger partial charge is 0.497 e. The Labute approximate surface area is 141 Å². The lowest BCUT2D eigenvalue weighted by Crippen LogP contribution is -2.35. The van der Waals surface area contributed by atoms with Crippen LogP contribution < -0.4 is 14.8 Å². The first-order valence-electron chi connectivity index (χ1n) is 7.37. The molecule has 1 N–H and O–H groups in total. The molecular weight excluding hydrogens is 314 g/mol. The van der Waals surface area contributed by atoms with Crippen molar-refractivity contribution >= 4 is 17.5 Å². The van der Waals surface area contributed by atoms with E-state index in [4.69, 9.17) is 21.1 Å². The summed E-state index contributed by atoms with van der Waals surface area (Å²) in [5.41, 5.74) is 0.774. The Hall–Kier alpha value is -2.20. The summed E-state index contributed by atoms with van der Waals surface area (Å²) in [6.45, 7) is 2.26. The first kappa shape index (κ1) is 17.2. The normalized spacial score (nSPS) is 13.0. The van der Waals surface area contributed by atoms with Gasteiger partial charge in [-0.05, 0) is 36.8 Å². The Bertz CT molecular complexity index is 616. The fraction of sp³-hybridized carbons (Fsp3) is 0.278. The minimum Gasteiger partial charge on any atom is -0.497 e. The van der Waals surface area contributed by atoms with Gasteiger partial charge >= 0.3 is 0 Å². The topological polar surface area (TPSA) is 47.6 Å². The molecule has 0 saturated heterocycles. The highest BCUT2D eigenvalue weighted by atomic mass is 35.5. The summed E-state index contributed by atoms with van der Waals surface area (Å²) in [4.78, 5) is 12.1. The lowest BCUT2D eigenvalue weighted by Gasteiger charge is -2.17. The second kappa shape index (κ2) is 8.44. The first-order valence-corrected chi connectivity index (χ1v) is 7.81. The van der Waals surface area contributed by atoms with Gasteiger partial charge in [0.25, 0.3) is 0 Å². The van der Waals surface area contributed by atoms with E-state index in [1.807, 2.05) is 61.5 Å². The number of halogens is 1. The lowest BCUT2D eigenvalue weighted by molar-refractivity contribution is -0.121. The van der Waals surface area contributed by atoms with Crippen LogP contribution in [0.2, 0.25) is 0 Å². The molecule has 4 nitrogen and oxygen atoms in total. The Kier molecular flexibility index (Phi) is 6.29. The average molecular weight is 334 g/mol. The zero-order valence-corrected chi connectivity index (χ0v) is 13.9. The molecule has 0 heterocycles. The fourth-order valence-corrected chi connectivity index (χ4v) is 2.26. The molecule has 0 saturated carbocycles. The molecule has 0 radical (unpaired) electrons. The van der Waals surface area contributed by atoms with Gasteiger partial charge in [0, 0.05) is 0 Å². The first-order chi connectivity index (χ1) is 11.1. The van der Waals surface area contributed by atoms with E-state index in [2.05, 4.69) is 5.32 Å². The standard InChI is InChI=1S/C18H20ClNO3/c1-13(23-16-10-8-15(22-2)9-11-16)12-20-18(21)17(19)14-6-4-3-5-7-14/h3-11,13,17H,12H2,1-2H3,(H,20,21). The van der Waals surface area contributed by atoms with Crippen molar-refractivity contribution in [3.05, 3.63) is 60.2 Å². The third kappa shape index (κ3) is 5.18. The molecule has 0 aromatic heterocycles. The van der Waals surface area contributed by atoms with Gasteiger partial charge in [-0.2, -0.15) is 0 Å². The molecular formula is C18H20ClNO3. The van der Waals surface area contributed by atoms with Crippen molar-refractivity contribution in [2.75, 3.05) is 13.7 Å². The van der Waals surface area contributed by atoms with Crippen LogP contribution in [0, 0.1) is 0 Å². The quantitative estimate of drug-likeness (QED) is 0.788. The smallest absolute Gasteiger partial charge is 0.242 e. The van der Waals surface area contributed by atoms with E-state index in [0.717, 1.165) is 17.1 Å². The molecule has 2 aromatic carbocycles. The van der Waals surface area contributed by atoms with E-state index in [1.54, 1.807) is 7.11 Å². The molecule has 0 aliphatic rings. The molecule has 5 heteroatoms. The maximum absolute atomic E-state index is 12.1. The van der Waals surface area contributed by atoms with E-state index in [-0.39, 0.29) is 12.0 Å². The van der Waals surface area contributed by atoms with Crippen LogP contribution in [-0.2, 0) is 4.79 Å². The van der Waals surface area contributed by atoms with Crippen molar-refractivity contribution in [2.45, 2.75) is 18.4 Å². The molecule has 0 aliphatic heterocycles. The number of nitrogens with one attached hydrogen (secondary N) is 1. The fourth-order valence-electron chi connectivity index (χ4n) is 2.04. The van der Waals surface area contributed by atoms with Crippen molar-refractivity contribution in [2.24, 2.45) is 0 Å². The minimum absolute atomic E-state index is 0.174. The SMILES string of the molecule is COc1ccc(OC(C)CNC(=O)C(Cl)c2ccccc2)cc1. The van der Waals surface area contributed by atoms with Crippen molar-refractivity contribution < 1.29 is 14.3 Å². The minimum atomic E-state index is -0.704. The van der Waals surface area contributed by atoms with Gasteiger partial charge in [-0.1, -0.05) is 30.3 Å². The number of methoxy groups -OCH3 is 1. The van der Waals surface area contributed by atoms with Gasteiger partial charge in [0.05, 0.1) is 13.7 Å². The summed E-state index contributed by atoms with van der Waals surface area (Å²) in [5.74, 6) is 1.26. The van der Waals surface area contributed by atoms with Crippen LogP contribution in [0.4, 0.5) is 0 Å². The maximum Gasteiger partial charge on any atom is 0.242 e. The monoisotopic (exact) mass is 333 g/mol. The maximum atomic E-state index is 12.1. The van der Waals surface area contributed by atoms with Gasteiger partial charge in [0.1, 0.15) is 23.0 Å². The average Bonchev–Trinajstić information content (AvgIpc) is 2.60. The molecule has 1 amide bonds. The second-order valence-corrected chi connectivity index (χ2v) is 5.56. The van der Waals surface area contributed by atoms with E-state index in [0.29, 0.717) is 6.54 Å². The second-order valence-electron chi connectivity index (χ2n) is 5.12. The van der Waals surface area contributed by atoms with Crippen LogP contribution >= 0.6 is 11.6 Å². The molecule has 0 spiro atoms. The van der Waals surface area contributed by atoms with Crippen molar-refractivity contribution in [3.8, 4) is 11.5 Å². The third-order valence-corrected chi connectivity index (χ3v) is 3.73. The summed E-state index contributed by atoms with van der Waals surface area (Å²) >= 11 is 6.17. The number of hydrogen-bond donors (Lipinski definition) is 1. The number of amides is 1. The highest BCUT2D eigenvalue weighted by Gasteiger charge is 2.17. The van der Waals surface area contributed by atoms with Crippen LogP contribution in [0.5, 0.6) is 11.5 Å². The highest BCUT2D eigenvalue weighted by Crippen LogP contribution is 2.20. The Balaban J connectivity index is 1.81. The molecule has 2 unspecified atom stereocenters. The molecule has 0 bridgehead atoms. The van der Waals surface area contributed by atoms with E-state index in [1.165, 1.54) is 0 Å². The van der Waals surface area contributed by atoms with Crippen molar-refractivity contribution in [3.63, 3.8) is 0 Å². The Morgan fingerprint density at radius 1 is 1.09 bits per heavy atom. The molecule has 2 rings (SSSR count). The number of benzene rings is 2. The van der Waals surface area contributed by atoms with Crippen LogP contribution in [0.15, 0.2) is 54.6 Å². The van der Waals surface area contributed by atoms with Gasteiger partial charge in [-0.15, -0.1) is 11.6 Å². The third-order valence-electron chi connectivity index (χ3n) is 3.28. The lowest BCUT2D eigenvalue weighted by atomic mass is 10.1. The number of rotatable bonds is 7. The Morgan fingerprint density at radius 2 is 1.70 bits per heavy atom. The summed E-state index contributed by atoms with van der Waals surface area (Å²) in [6, 6.07) is 16.5. The van der Waals surface area contributed by atoms with Crippen molar-refractivity contribution in [1.29, 1.82) is 0 Å². The van der Waals surface area contributed by atoms with E-state index in [9.17, 15) is 4.79 Å². The van der Waals surface area contributed by atoms with Crippen LogP contribution in [0.3, 0.4) is 0 Å². The summed E-state index contributed by atoms with van der Waals surface area (Å²) in [7, 11) is 1.61. The molecule has 0 aliphatic carbocycles. The molecule has 0 fully saturated rings. The van der Waals surface area contributed by atoms with Gasteiger partial charge in [-0.25, -0.2) is 0 Å². The highest BCUT2D eigenvalue weighted by molar-refractivity contribution is 6.30. The Morgan fingerprint density at radius 3 is 2.30 bits per heavy atom. The van der Waals surface area contributed by atoms with Crippen LogP contribution in [0.25, 0.3) is 0 Å². The summed E-state index contributed by atoms with van der Waals surface area (Å²) in [5, 5.41) is 2.10. The predicted octanol–water partition coefficient (Wildman–Crippen LogP) is 3.56. The van der Waals surface area contributed by atoms with Gasteiger partial charge < -0.3 is 14.8 Å². The zero-order valence-electron chi connectivity index (χ0n) is 13.2.